The van der Waals surface area contributed by atoms with E-state index >= 15 is 0 Å². The summed E-state index contributed by atoms with van der Waals surface area (Å²) in [5, 5.41) is 9.28. The molecular weight excluding hydrogens is 484 g/mol. The van der Waals surface area contributed by atoms with Gasteiger partial charge in [0.1, 0.15) is 12.4 Å². The third-order valence-electron chi connectivity index (χ3n) is 6.97. The van der Waals surface area contributed by atoms with E-state index in [9.17, 15) is 9.90 Å². The SMILES string of the molecule is CCOC(Cc1ccc(OCC=C(C)c2ccc(-c3cc(C(C)(C)C)cc(C(C)(C)C)c3)cc2)cc1)C(=O)O. The molecule has 0 amide bonds. The Kier molecular flexibility index (Phi) is 9.79. The summed E-state index contributed by atoms with van der Waals surface area (Å²) in [6.07, 6.45) is 1.58. The van der Waals surface area contributed by atoms with Gasteiger partial charge in [0.2, 0.25) is 0 Å². The van der Waals surface area contributed by atoms with Crippen molar-refractivity contribution in [1.29, 1.82) is 0 Å². The molecule has 1 unspecified atom stereocenters. The van der Waals surface area contributed by atoms with Gasteiger partial charge in [0, 0.05) is 13.0 Å². The fourth-order valence-electron chi connectivity index (χ4n) is 4.32. The van der Waals surface area contributed by atoms with E-state index in [1.165, 1.54) is 22.3 Å². The number of aliphatic carboxylic acids is 1. The summed E-state index contributed by atoms with van der Waals surface area (Å²) in [4.78, 5) is 11.3. The zero-order chi connectivity index (χ0) is 28.8. The molecule has 3 aromatic rings. The summed E-state index contributed by atoms with van der Waals surface area (Å²) < 4.78 is 11.2. The second-order valence-electron chi connectivity index (χ2n) is 12.2. The van der Waals surface area contributed by atoms with Gasteiger partial charge in [0.15, 0.2) is 6.10 Å². The first-order chi connectivity index (χ1) is 18.3. The maximum Gasteiger partial charge on any atom is 0.333 e. The fraction of sp³-hybridized carbons (Fsp3) is 0.400. The summed E-state index contributed by atoms with van der Waals surface area (Å²) in [5.74, 6) is -0.200. The Hall–Kier alpha value is -3.37. The average Bonchev–Trinajstić information content (AvgIpc) is 2.88. The van der Waals surface area contributed by atoms with E-state index in [0.717, 1.165) is 22.4 Å². The monoisotopic (exact) mass is 528 g/mol. The number of hydrogen-bond donors (Lipinski definition) is 1. The molecule has 0 spiro atoms. The summed E-state index contributed by atoms with van der Waals surface area (Å²) in [6, 6.07) is 23.3. The molecule has 0 fully saturated rings. The highest BCUT2D eigenvalue weighted by Crippen LogP contribution is 2.34. The third-order valence-corrected chi connectivity index (χ3v) is 6.97. The van der Waals surface area contributed by atoms with E-state index in [2.05, 4.69) is 97.0 Å². The zero-order valence-corrected chi connectivity index (χ0v) is 24.8. The maximum atomic E-state index is 11.3. The molecule has 1 atom stereocenters. The smallest absolute Gasteiger partial charge is 0.333 e. The van der Waals surface area contributed by atoms with Gasteiger partial charge < -0.3 is 14.6 Å². The van der Waals surface area contributed by atoms with Crippen molar-refractivity contribution in [1.82, 2.24) is 0 Å². The van der Waals surface area contributed by atoms with E-state index in [-0.39, 0.29) is 10.8 Å². The Morgan fingerprint density at radius 2 is 1.41 bits per heavy atom. The Balaban J connectivity index is 1.67. The van der Waals surface area contributed by atoms with Gasteiger partial charge in [-0.25, -0.2) is 4.79 Å². The standard InChI is InChI=1S/C35H44O4/c1-9-38-32(33(36)37)20-25-10-16-31(17-11-25)39-19-18-24(2)26-12-14-27(15-13-26)28-21-29(34(3,4)5)23-30(22-28)35(6,7)8/h10-18,21-23,32H,9,19-20H2,1-8H3,(H,36,37). The second-order valence-corrected chi connectivity index (χ2v) is 12.2. The van der Waals surface area contributed by atoms with Gasteiger partial charge in [0.05, 0.1) is 0 Å². The van der Waals surface area contributed by atoms with Crippen LogP contribution in [0.2, 0.25) is 0 Å². The normalized spacial score (nSPS) is 13.3. The van der Waals surface area contributed by atoms with Crippen LogP contribution in [0.25, 0.3) is 16.7 Å². The summed E-state index contributed by atoms with van der Waals surface area (Å²) in [6.45, 7) is 18.3. The van der Waals surface area contributed by atoms with E-state index in [4.69, 9.17) is 9.47 Å². The molecule has 3 rings (SSSR count). The minimum absolute atomic E-state index is 0.0833. The summed E-state index contributed by atoms with van der Waals surface area (Å²) in [7, 11) is 0. The van der Waals surface area contributed by atoms with Gasteiger partial charge in [-0.3, -0.25) is 0 Å². The van der Waals surface area contributed by atoms with Crippen LogP contribution in [0.4, 0.5) is 0 Å². The van der Waals surface area contributed by atoms with Gasteiger partial charge in [-0.2, -0.15) is 0 Å². The molecule has 0 aromatic heterocycles. The largest absolute Gasteiger partial charge is 0.490 e. The molecule has 208 valence electrons. The number of carboxylic acid groups (broad SMARTS) is 1. The quantitative estimate of drug-likeness (QED) is 0.287. The first kappa shape index (κ1) is 30.2. The first-order valence-electron chi connectivity index (χ1n) is 13.8. The van der Waals surface area contributed by atoms with E-state index in [0.29, 0.717) is 19.6 Å². The number of hydrogen-bond acceptors (Lipinski definition) is 3. The van der Waals surface area contributed by atoms with Crippen LogP contribution in [0, 0.1) is 0 Å². The highest BCUT2D eigenvalue weighted by molar-refractivity contribution is 5.73. The molecule has 0 saturated carbocycles. The van der Waals surface area contributed by atoms with Crippen molar-refractivity contribution in [2.45, 2.75) is 78.7 Å². The lowest BCUT2D eigenvalue weighted by atomic mass is 9.79. The Morgan fingerprint density at radius 1 is 0.846 bits per heavy atom. The highest BCUT2D eigenvalue weighted by Gasteiger charge is 2.21. The van der Waals surface area contributed by atoms with Gasteiger partial charge in [-0.1, -0.05) is 96.1 Å². The number of benzene rings is 3. The van der Waals surface area contributed by atoms with Crippen molar-refractivity contribution >= 4 is 11.5 Å². The van der Waals surface area contributed by atoms with Gasteiger partial charge in [0.25, 0.3) is 0 Å². The Morgan fingerprint density at radius 3 is 1.90 bits per heavy atom. The molecule has 3 aromatic carbocycles. The molecule has 0 aliphatic rings. The van der Waals surface area contributed by atoms with Gasteiger partial charge >= 0.3 is 5.97 Å². The Labute approximate surface area is 234 Å². The molecule has 0 bridgehead atoms. The first-order valence-corrected chi connectivity index (χ1v) is 13.8. The maximum absolute atomic E-state index is 11.3. The van der Waals surface area contributed by atoms with Crippen molar-refractivity contribution in [3.05, 3.63) is 95.1 Å². The zero-order valence-electron chi connectivity index (χ0n) is 24.8. The van der Waals surface area contributed by atoms with Crippen molar-refractivity contribution in [2.75, 3.05) is 13.2 Å². The van der Waals surface area contributed by atoms with Crippen LogP contribution in [-0.2, 0) is 26.8 Å². The average molecular weight is 529 g/mol. The molecule has 39 heavy (non-hydrogen) atoms. The number of carboxylic acids is 1. The number of carbonyl (C=O) groups is 1. The molecule has 0 radical (unpaired) electrons. The molecule has 0 aliphatic carbocycles. The van der Waals surface area contributed by atoms with Crippen LogP contribution < -0.4 is 4.74 Å². The predicted molar refractivity (Wildman–Crippen MR) is 162 cm³/mol. The predicted octanol–water partition coefficient (Wildman–Crippen LogP) is 8.46. The molecule has 0 saturated heterocycles. The fourth-order valence-corrected chi connectivity index (χ4v) is 4.32. The highest BCUT2D eigenvalue weighted by atomic mass is 16.5. The lowest BCUT2D eigenvalue weighted by molar-refractivity contribution is -0.149. The molecule has 0 aliphatic heterocycles. The van der Waals surface area contributed by atoms with Crippen molar-refractivity contribution in [2.24, 2.45) is 0 Å². The van der Waals surface area contributed by atoms with E-state index in [1.54, 1.807) is 6.92 Å². The lowest BCUT2D eigenvalue weighted by Gasteiger charge is -2.26. The number of ether oxygens (including phenoxy) is 2. The van der Waals surface area contributed by atoms with Crippen molar-refractivity contribution in [3.63, 3.8) is 0 Å². The van der Waals surface area contributed by atoms with Crippen LogP contribution in [0.15, 0.2) is 72.8 Å². The third kappa shape index (κ3) is 8.56. The lowest BCUT2D eigenvalue weighted by Crippen LogP contribution is -2.26. The second kappa shape index (κ2) is 12.7. The molecule has 4 heteroatoms. The summed E-state index contributed by atoms with van der Waals surface area (Å²) in [5.41, 5.74) is 8.56. The van der Waals surface area contributed by atoms with Gasteiger partial charge in [-0.05, 0) is 81.8 Å². The minimum atomic E-state index is -0.945. The van der Waals surface area contributed by atoms with Crippen LogP contribution in [0.3, 0.4) is 0 Å². The minimum Gasteiger partial charge on any atom is -0.490 e. The van der Waals surface area contributed by atoms with Crippen LogP contribution >= 0.6 is 0 Å². The Bertz CT molecular complexity index is 1240. The molecule has 4 nitrogen and oxygen atoms in total. The molecule has 0 heterocycles. The number of allylic oxidation sites excluding steroid dienone is 1. The van der Waals surface area contributed by atoms with Gasteiger partial charge in [-0.15, -0.1) is 0 Å². The van der Waals surface area contributed by atoms with Crippen LogP contribution in [0.5, 0.6) is 5.75 Å². The summed E-state index contributed by atoms with van der Waals surface area (Å²) >= 11 is 0. The van der Waals surface area contributed by atoms with Crippen molar-refractivity contribution < 1.29 is 19.4 Å². The molecular formula is C35H44O4. The van der Waals surface area contributed by atoms with Crippen LogP contribution in [0.1, 0.15) is 77.6 Å². The number of rotatable bonds is 10. The van der Waals surface area contributed by atoms with E-state index in [1.807, 2.05) is 24.3 Å². The molecule has 1 N–H and O–H groups in total. The van der Waals surface area contributed by atoms with Crippen molar-refractivity contribution in [3.8, 4) is 16.9 Å². The topological polar surface area (TPSA) is 55.8 Å². The van der Waals surface area contributed by atoms with E-state index < -0.39 is 12.1 Å². The van der Waals surface area contributed by atoms with Crippen LogP contribution in [-0.4, -0.2) is 30.4 Å².